The molecule has 1 atom stereocenters. The molecule has 1 aromatic carbocycles. The van der Waals surface area contributed by atoms with Crippen LogP contribution in [0, 0.1) is 5.41 Å². The number of benzene rings is 1. The van der Waals surface area contributed by atoms with Crippen LogP contribution in [0.4, 0.5) is 5.69 Å². The first-order chi connectivity index (χ1) is 10.6. The molecule has 22 heavy (non-hydrogen) atoms. The van der Waals surface area contributed by atoms with E-state index in [9.17, 15) is 4.79 Å². The third kappa shape index (κ3) is 4.45. The van der Waals surface area contributed by atoms with Gasteiger partial charge in [-0.15, -0.1) is 0 Å². The summed E-state index contributed by atoms with van der Waals surface area (Å²) in [4.78, 5) is 14.5. The molecule has 1 aliphatic rings. The van der Waals surface area contributed by atoms with Crippen LogP contribution in [0.5, 0.6) is 5.75 Å². The number of para-hydroxylation sites is 2. The predicted molar refractivity (Wildman–Crippen MR) is 89.3 cm³/mol. The smallest absolute Gasteiger partial charge is 0.238 e. The van der Waals surface area contributed by atoms with E-state index in [-0.39, 0.29) is 11.3 Å². The van der Waals surface area contributed by atoms with Gasteiger partial charge >= 0.3 is 0 Å². The summed E-state index contributed by atoms with van der Waals surface area (Å²) in [6, 6.07) is 7.48. The highest BCUT2D eigenvalue weighted by Crippen LogP contribution is 2.26. The average Bonchev–Trinajstić information content (AvgIpc) is 2.93. The summed E-state index contributed by atoms with van der Waals surface area (Å²) in [7, 11) is 1.61. The molecule has 0 bridgehead atoms. The third-order valence-electron chi connectivity index (χ3n) is 4.26. The van der Waals surface area contributed by atoms with Gasteiger partial charge in [0.1, 0.15) is 5.75 Å². The summed E-state index contributed by atoms with van der Waals surface area (Å²) in [5.41, 5.74) is 0.987. The molecule has 1 amide bonds. The van der Waals surface area contributed by atoms with Gasteiger partial charge in [-0.25, -0.2) is 0 Å². The molecule has 1 heterocycles. The number of anilines is 1. The molecule has 0 aliphatic carbocycles. The van der Waals surface area contributed by atoms with Crippen molar-refractivity contribution in [3.05, 3.63) is 24.3 Å². The number of ether oxygens (including phenoxy) is 1. The topological polar surface area (TPSA) is 53.6 Å². The molecule has 1 aliphatic heterocycles. The second-order valence-electron chi connectivity index (χ2n) is 6.29. The van der Waals surface area contributed by atoms with E-state index in [4.69, 9.17) is 4.74 Å². The van der Waals surface area contributed by atoms with Gasteiger partial charge in [-0.2, -0.15) is 0 Å². The van der Waals surface area contributed by atoms with E-state index in [2.05, 4.69) is 29.4 Å². The van der Waals surface area contributed by atoms with Crippen LogP contribution in [-0.2, 0) is 4.79 Å². The van der Waals surface area contributed by atoms with Gasteiger partial charge in [0.2, 0.25) is 5.91 Å². The monoisotopic (exact) mass is 305 g/mol. The molecule has 1 unspecified atom stereocenters. The lowest BCUT2D eigenvalue weighted by Gasteiger charge is -2.30. The van der Waals surface area contributed by atoms with Crippen LogP contribution in [-0.4, -0.2) is 50.6 Å². The van der Waals surface area contributed by atoms with E-state index in [1.54, 1.807) is 7.11 Å². The zero-order chi connectivity index (χ0) is 16.0. The minimum absolute atomic E-state index is 0.000839. The number of hydrogen-bond acceptors (Lipinski definition) is 4. The second kappa shape index (κ2) is 7.61. The largest absolute Gasteiger partial charge is 0.495 e. The fourth-order valence-corrected chi connectivity index (χ4v) is 2.96. The van der Waals surface area contributed by atoms with Crippen LogP contribution >= 0.6 is 0 Å². The number of nitrogens with zero attached hydrogens (tertiary/aromatic N) is 1. The van der Waals surface area contributed by atoms with Crippen LogP contribution in [0.1, 0.15) is 20.3 Å². The lowest BCUT2D eigenvalue weighted by atomic mass is 9.89. The van der Waals surface area contributed by atoms with E-state index < -0.39 is 0 Å². The van der Waals surface area contributed by atoms with Gasteiger partial charge in [-0.1, -0.05) is 26.0 Å². The van der Waals surface area contributed by atoms with Gasteiger partial charge in [-0.3, -0.25) is 9.69 Å². The molecular weight excluding hydrogens is 278 g/mol. The summed E-state index contributed by atoms with van der Waals surface area (Å²) in [6.45, 7) is 8.70. The molecule has 2 rings (SSSR count). The molecule has 5 heteroatoms. The van der Waals surface area contributed by atoms with Gasteiger partial charge < -0.3 is 15.4 Å². The molecule has 2 N–H and O–H groups in total. The highest BCUT2D eigenvalue weighted by molar-refractivity contribution is 5.93. The Morgan fingerprint density at radius 3 is 2.86 bits per heavy atom. The van der Waals surface area contributed by atoms with Crippen molar-refractivity contribution >= 4 is 11.6 Å². The molecule has 1 saturated heterocycles. The van der Waals surface area contributed by atoms with E-state index >= 15 is 0 Å². The van der Waals surface area contributed by atoms with Crippen molar-refractivity contribution in [1.29, 1.82) is 0 Å². The number of hydrogen-bond donors (Lipinski definition) is 2. The molecule has 1 aromatic rings. The number of carbonyl (C=O) groups is 1. The van der Waals surface area contributed by atoms with E-state index in [1.165, 1.54) is 0 Å². The molecule has 0 saturated carbocycles. The Balaban J connectivity index is 1.91. The first kappa shape index (κ1) is 16.8. The van der Waals surface area contributed by atoms with Crippen molar-refractivity contribution in [3.63, 3.8) is 0 Å². The zero-order valence-corrected chi connectivity index (χ0v) is 13.8. The normalized spacial score (nSPS) is 21.1. The van der Waals surface area contributed by atoms with Crippen molar-refractivity contribution < 1.29 is 9.53 Å². The van der Waals surface area contributed by atoms with Crippen LogP contribution in [0.2, 0.25) is 0 Å². The van der Waals surface area contributed by atoms with Gasteiger partial charge in [0.05, 0.1) is 19.3 Å². The first-order valence-corrected chi connectivity index (χ1v) is 7.92. The Kier molecular flexibility index (Phi) is 5.80. The minimum atomic E-state index is 0.000839. The molecule has 0 aromatic heterocycles. The maximum Gasteiger partial charge on any atom is 0.238 e. The maximum atomic E-state index is 12.3. The van der Waals surface area contributed by atoms with Crippen LogP contribution in [0.3, 0.4) is 0 Å². The van der Waals surface area contributed by atoms with E-state index in [1.807, 2.05) is 24.3 Å². The molecule has 1 fully saturated rings. The summed E-state index contributed by atoms with van der Waals surface area (Å²) in [5.74, 6) is 0.687. The number of carbonyl (C=O) groups excluding carboxylic acids is 1. The Morgan fingerprint density at radius 2 is 2.23 bits per heavy atom. The standard InChI is InChI=1S/C17H27N3O2/c1-4-20(13-17(2)9-10-18-12-17)11-16(21)19-14-7-5-6-8-15(14)22-3/h5-8,18H,4,9-13H2,1-3H3,(H,19,21). The quantitative estimate of drug-likeness (QED) is 0.808. The number of rotatable bonds is 7. The SMILES string of the molecule is CCN(CC(=O)Nc1ccccc1OC)CC1(C)CCNC1. The summed E-state index contributed by atoms with van der Waals surface area (Å²) < 4.78 is 5.26. The van der Waals surface area contributed by atoms with Crippen molar-refractivity contribution in [1.82, 2.24) is 10.2 Å². The molecular formula is C17H27N3O2. The molecule has 0 spiro atoms. The van der Waals surface area contributed by atoms with Crippen molar-refractivity contribution in [3.8, 4) is 5.75 Å². The van der Waals surface area contributed by atoms with Gasteiger partial charge in [0.15, 0.2) is 0 Å². The van der Waals surface area contributed by atoms with Gasteiger partial charge in [-0.05, 0) is 37.1 Å². The Bertz CT molecular complexity index is 498. The van der Waals surface area contributed by atoms with Crippen LogP contribution in [0.15, 0.2) is 24.3 Å². The van der Waals surface area contributed by atoms with Crippen molar-refractivity contribution in [2.24, 2.45) is 5.41 Å². The fourth-order valence-electron chi connectivity index (χ4n) is 2.96. The zero-order valence-electron chi connectivity index (χ0n) is 13.8. The Hall–Kier alpha value is -1.59. The third-order valence-corrected chi connectivity index (χ3v) is 4.26. The fraction of sp³-hybridized carbons (Fsp3) is 0.588. The summed E-state index contributed by atoms with van der Waals surface area (Å²) in [5, 5.41) is 6.35. The Morgan fingerprint density at radius 1 is 1.45 bits per heavy atom. The highest BCUT2D eigenvalue weighted by Gasteiger charge is 2.30. The van der Waals surface area contributed by atoms with Gasteiger partial charge in [0, 0.05) is 13.1 Å². The average molecular weight is 305 g/mol. The number of methoxy groups -OCH3 is 1. The lowest BCUT2D eigenvalue weighted by molar-refractivity contribution is -0.117. The highest BCUT2D eigenvalue weighted by atomic mass is 16.5. The summed E-state index contributed by atoms with van der Waals surface area (Å²) in [6.07, 6.45) is 1.16. The second-order valence-corrected chi connectivity index (χ2v) is 6.29. The Labute approximate surface area is 133 Å². The number of amides is 1. The predicted octanol–water partition coefficient (Wildman–Crippen LogP) is 1.96. The molecule has 0 radical (unpaired) electrons. The van der Waals surface area contributed by atoms with Crippen molar-refractivity contribution in [2.75, 3.05) is 45.2 Å². The van der Waals surface area contributed by atoms with Crippen LogP contribution < -0.4 is 15.4 Å². The first-order valence-electron chi connectivity index (χ1n) is 7.92. The minimum Gasteiger partial charge on any atom is -0.495 e. The number of likely N-dealkylation sites (N-methyl/N-ethyl adjacent to an activating group) is 1. The molecule has 5 nitrogen and oxygen atoms in total. The lowest BCUT2D eigenvalue weighted by Crippen LogP contribution is -2.41. The number of nitrogens with one attached hydrogen (secondary N) is 2. The van der Waals surface area contributed by atoms with E-state index in [0.717, 1.165) is 38.3 Å². The van der Waals surface area contributed by atoms with Gasteiger partial charge in [0.25, 0.3) is 0 Å². The maximum absolute atomic E-state index is 12.3. The molecule has 122 valence electrons. The van der Waals surface area contributed by atoms with Crippen molar-refractivity contribution in [2.45, 2.75) is 20.3 Å². The van der Waals surface area contributed by atoms with Crippen LogP contribution in [0.25, 0.3) is 0 Å². The summed E-state index contributed by atoms with van der Waals surface area (Å²) >= 11 is 0. The van der Waals surface area contributed by atoms with E-state index in [0.29, 0.717) is 12.3 Å².